The minimum Gasteiger partial charge on any atom is -0.466 e. The van der Waals surface area contributed by atoms with E-state index in [0.29, 0.717) is 24.4 Å². The summed E-state index contributed by atoms with van der Waals surface area (Å²) in [5.41, 5.74) is 0.773. The molecule has 5 fully saturated rings. The Kier molecular flexibility index (Phi) is 5.01. The highest BCUT2D eigenvalue weighted by Gasteiger charge is 2.80. The molecule has 10 nitrogen and oxygen atoms in total. The number of hydrogen-bond acceptors (Lipinski definition) is 10. The molecule has 7 aliphatic rings. The lowest BCUT2D eigenvalue weighted by molar-refractivity contribution is -0.347. The number of methoxy groups -OCH3 is 1. The van der Waals surface area contributed by atoms with Gasteiger partial charge in [-0.05, 0) is 32.1 Å². The fourth-order valence-corrected chi connectivity index (χ4v) is 6.70. The van der Waals surface area contributed by atoms with Crippen molar-refractivity contribution in [2.75, 3.05) is 20.3 Å². The predicted molar refractivity (Wildman–Crippen MR) is 108 cm³/mol. The number of ether oxygens (including phenoxy) is 6. The van der Waals surface area contributed by atoms with Crippen molar-refractivity contribution in [3.8, 4) is 0 Å². The third kappa shape index (κ3) is 2.97. The van der Waals surface area contributed by atoms with Crippen LogP contribution in [0.15, 0.2) is 23.7 Å². The molecule has 2 aliphatic carbocycles. The topological polar surface area (TPSA) is 133 Å². The van der Waals surface area contributed by atoms with E-state index in [2.05, 4.69) is 0 Å². The number of ketones is 1. The van der Waals surface area contributed by atoms with Crippen molar-refractivity contribution in [2.45, 2.75) is 57.3 Å². The van der Waals surface area contributed by atoms with Gasteiger partial charge in [-0.2, -0.15) is 0 Å². The molecular formula is C23H30O10. The molecule has 10 heteroatoms. The van der Waals surface area contributed by atoms with Gasteiger partial charge in [0.15, 0.2) is 5.78 Å². The third-order valence-electron chi connectivity index (χ3n) is 8.20. The number of rotatable bonds is 2. The normalized spacial score (nSPS) is 48.8. The maximum absolute atomic E-state index is 11.6. The molecule has 0 aromatic rings. The smallest absolute Gasteiger partial charge is 0.337 e. The van der Waals surface area contributed by atoms with Gasteiger partial charge in [0.05, 0.1) is 50.1 Å². The summed E-state index contributed by atoms with van der Waals surface area (Å²) >= 11 is 0. The first-order valence-electron chi connectivity index (χ1n) is 11.0. The second-order valence-electron chi connectivity index (χ2n) is 9.64. The highest BCUT2D eigenvalue weighted by molar-refractivity contribution is 5.94. The Morgan fingerprint density at radius 3 is 2.52 bits per heavy atom. The van der Waals surface area contributed by atoms with Gasteiger partial charge >= 0.3 is 17.9 Å². The molecule has 5 aliphatic heterocycles. The first-order chi connectivity index (χ1) is 15.2. The van der Waals surface area contributed by atoms with Crippen LogP contribution in [0.1, 0.15) is 33.6 Å². The number of aliphatic hydroxyl groups is 2. The van der Waals surface area contributed by atoms with Crippen molar-refractivity contribution in [3.63, 3.8) is 0 Å². The number of Topliss-reactive ketones (excluding diaryl/α,β-unsaturated/α-hetero) is 1. The molecule has 0 aromatic heterocycles. The molecule has 3 saturated heterocycles. The summed E-state index contributed by atoms with van der Waals surface area (Å²) < 4.78 is 31.3. The lowest BCUT2D eigenvalue weighted by Crippen LogP contribution is -2.46. The molecule has 0 amide bonds. The van der Waals surface area contributed by atoms with E-state index >= 15 is 0 Å². The molecule has 5 heterocycles. The lowest BCUT2D eigenvalue weighted by Gasteiger charge is -2.36. The molecule has 0 radical (unpaired) electrons. The van der Waals surface area contributed by atoms with E-state index in [-0.39, 0.29) is 54.9 Å². The second-order valence-corrected chi connectivity index (χ2v) is 9.64. The highest BCUT2D eigenvalue weighted by atomic mass is 16.8. The zero-order chi connectivity index (χ0) is 22.5. The zero-order valence-corrected chi connectivity index (χ0v) is 17.8. The third-order valence-corrected chi connectivity index (χ3v) is 8.20. The van der Waals surface area contributed by atoms with Gasteiger partial charge in [-0.15, -0.1) is 0 Å². The lowest BCUT2D eigenvalue weighted by atomic mass is 9.81. The van der Waals surface area contributed by atoms with E-state index in [9.17, 15) is 19.8 Å². The van der Waals surface area contributed by atoms with Crippen molar-refractivity contribution in [1.29, 1.82) is 0 Å². The SMILES string of the molecule is C.CC(=O)C1=CO[C@]2(O)OC[C@]34O[C@H]3C[C@H]1[C@H]24.COC(=O)C1=CO[C@]2(O)OC[C@@H]3CC[C@H]1[C@@H]32. The molecule has 0 bridgehead atoms. The van der Waals surface area contributed by atoms with Crippen LogP contribution in [-0.4, -0.2) is 65.9 Å². The van der Waals surface area contributed by atoms with Gasteiger partial charge in [-0.25, -0.2) is 4.79 Å². The quantitative estimate of drug-likeness (QED) is 0.448. The van der Waals surface area contributed by atoms with Crippen molar-refractivity contribution >= 4 is 11.8 Å². The van der Waals surface area contributed by atoms with Gasteiger partial charge < -0.3 is 38.6 Å². The Bertz CT molecular complexity index is 944. The van der Waals surface area contributed by atoms with Gasteiger partial charge in [0.25, 0.3) is 0 Å². The van der Waals surface area contributed by atoms with Crippen LogP contribution in [0.4, 0.5) is 0 Å². The van der Waals surface area contributed by atoms with Crippen molar-refractivity contribution in [2.24, 2.45) is 29.6 Å². The Labute approximate surface area is 191 Å². The number of carbonyl (C=O) groups excluding carboxylic acids is 2. The van der Waals surface area contributed by atoms with Crippen LogP contribution in [0, 0.1) is 29.6 Å². The first-order valence-corrected chi connectivity index (χ1v) is 11.0. The van der Waals surface area contributed by atoms with E-state index in [1.165, 1.54) is 26.6 Å². The van der Waals surface area contributed by atoms with Crippen LogP contribution in [-0.2, 0) is 38.0 Å². The maximum atomic E-state index is 11.6. The molecule has 2 N–H and O–H groups in total. The van der Waals surface area contributed by atoms with E-state index < -0.39 is 17.5 Å². The Morgan fingerprint density at radius 2 is 1.79 bits per heavy atom. The van der Waals surface area contributed by atoms with Gasteiger partial charge in [0.1, 0.15) is 11.9 Å². The van der Waals surface area contributed by atoms with Crippen molar-refractivity contribution < 1.29 is 48.2 Å². The van der Waals surface area contributed by atoms with Gasteiger partial charge in [-0.3, -0.25) is 4.79 Å². The number of esters is 1. The zero-order valence-electron chi connectivity index (χ0n) is 17.8. The molecule has 1 spiro atoms. The van der Waals surface area contributed by atoms with Gasteiger partial charge in [0, 0.05) is 17.4 Å². The Morgan fingerprint density at radius 1 is 1.06 bits per heavy atom. The number of allylic oxidation sites excluding steroid dienone is 1. The minimum atomic E-state index is -1.59. The summed E-state index contributed by atoms with van der Waals surface area (Å²) in [6, 6.07) is 0. The molecule has 9 atom stereocenters. The maximum Gasteiger partial charge on any atom is 0.337 e. The minimum absolute atomic E-state index is 0. The van der Waals surface area contributed by atoms with Crippen LogP contribution < -0.4 is 0 Å². The summed E-state index contributed by atoms with van der Waals surface area (Å²) in [7, 11) is 1.35. The Hall–Kier alpha value is -1.98. The molecule has 2 saturated carbocycles. The van der Waals surface area contributed by atoms with E-state index in [1.807, 2.05) is 0 Å². The fraction of sp³-hybridized carbons (Fsp3) is 0.739. The molecular weight excluding hydrogens is 436 g/mol. The number of epoxide rings is 1. The Balaban J connectivity index is 0.000000134. The van der Waals surface area contributed by atoms with Crippen LogP contribution in [0.2, 0.25) is 0 Å². The van der Waals surface area contributed by atoms with Crippen molar-refractivity contribution in [1.82, 2.24) is 0 Å². The van der Waals surface area contributed by atoms with Crippen molar-refractivity contribution in [3.05, 3.63) is 23.7 Å². The molecule has 33 heavy (non-hydrogen) atoms. The summed E-state index contributed by atoms with van der Waals surface area (Å²) in [5.74, 6) is -3.59. The molecule has 0 aromatic carbocycles. The van der Waals surface area contributed by atoms with Crippen LogP contribution >= 0.6 is 0 Å². The standard InChI is InChI=1S/C11H12O5.C11H14O5.CH4/c1-5(12)7-3-14-11(13)9-6(7)2-8-10(9,16-8)4-15-11;1-14-10(12)8-5-16-11(13)9-6(4-15-11)2-3-7(8)9;/h3,6,8-9,13H,2,4H2,1H3;5-7,9,13H,2-4H2,1H3;1H4/t6-,8+,9+,10+,11+;6-,7+,9+,11+;/m10./s1. The predicted octanol–water partition coefficient (Wildman–Crippen LogP) is 0.968. The highest BCUT2D eigenvalue weighted by Crippen LogP contribution is 2.66. The summed E-state index contributed by atoms with van der Waals surface area (Å²) in [6.45, 7) is 2.38. The van der Waals surface area contributed by atoms with Crippen LogP contribution in [0.5, 0.6) is 0 Å². The van der Waals surface area contributed by atoms with Gasteiger partial charge in [0.2, 0.25) is 0 Å². The van der Waals surface area contributed by atoms with Crippen LogP contribution in [0.25, 0.3) is 0 Å². The largest absolute Gasteiger partial charge is 0.466 e. The average molecular weight is 466 g/mol. The monoisotopic (exact) mass is 466 g/mol. The molecule has 0 unspecified atom stereocenters. The van der Waals surface area contributed by atoms with Crippen LogP contribution in [0.3, 0.4) is 0 Å². The second kappa shape index (κ2) is 7.26. The molecule has 7 rings (SSSR count). The van der Waals surface area contributed by atoms with E-state index in [4.69, 9.17) is 28.4 Å². The summed E-state index contributed by atoms with van der Waals surface area (Å²) in [5, 5.41) is 20.3. The summed E-state index contributed by atoms with van der Waals surface area (Å²) in [6.07, 6.45) is 5.38. The van der Waals surface area contributed by atoms with Gasteiger partial charge in [-0.1, -0.05) is 7.43 Å². The van der Waals surface area contributed by atoms with E-state index in [1.54, 1.807) is 0 Å². The number of hydrogen-bond donors (Lipinski definition) is 2. The summed E-state index contributed by atoms with van der Waals surface area (Å²) in [4.78, 5) is 23.0. The molecule has 182 valence electrons. The van der Waals surface area contributed by atoms with E-state index in [0.717, 1.165) is 19.3 Å². The average Bonchev–Trinajstić information content (AvgIpc) is 3.16. The number of carbonyl (C=O) groups is 2. The fourth-order valence-electron chi connectivity index (χ4n) is 6.70. The first kappa shape index (κ1) is 22.8.